The van der Waals surface area contributed by atoms with Crippen molar-refractivity contribution < 1.29 is 9.47 Å². The molecule has 0 aliphatic carbocycles. The highest BCUT2D eigenvalue weighted by molar-refractivity contribution is 7.07. The van der Waals surface area contributed by atoms with E-state index in [0.29, 0.717) is 19.8 Å². The van der Waals surface area contributed by atoms with E-state index in [4.69, 9.17) is 15.2 Å². The molecule has 0 radical (unpaired) electrons. The first-order valence-corrected chi connectivity index (χ1v) is 7.87. The molecule has 1 heterocycles. The fourth-order valence-electron chi connectivity index (χ4n) is 1.98. The molecule has 0 saturated heterocycles. The van der Waals surface area contributed by atoms with Gasteiger partial charge in [0.1, 0.15) is 0 Å². The highest BCUT2D eigenvalue weighted by Gasteiger charge is 2.06. The van der Waals surface area contributed by atoms with Crippen LogP contribution in [-0.2, 0) is 12.8 Å². The summed E-state index contributed by atoms with van der Waals surface area (Å²) in [6.07, 6.45) is 1.77. The van der Waals surface area contributed by atoms with Gasteiger partial charge in [-0.15, -0.1) is 0 Å². The number of nitrogens with two attached hydrogens (primary N) is 1. The Morgan fingerprint density at radius 1 is 1.05 bits per heavy atom. The molecule has 0 aliphatic rings. The van der Waals surface area contributed by atoms with Crippen molar-refractivity contribution in [3.8, 4) is 11.5 Å². The van der Waals surface area contributed by atoms with Crippen LogP contribution in [0.3, 0.4) is 0 Å². The first-order chi connectivity index (χ1) is 9.83. The standard InChI is InChI=1S/C16H21NO2S/c1-2-18-16-11-13(5-8-17)3-4-15(16)19-9-6-14-7-10-20-12-14/h3-4,7,10-12H,2,5-6,8-9,17H2,1H3. The minimum Gasteiger partial charge on any atom is -0.490 e. The molecule has 0 aliphatic heterocycles. The maximum absolute atomic E-state index is 5.84. The van der Waals surface area contributed by atoms with Crippen LogP contribution in [0.25, 0.3) is 0 Å². The van der Waals surface area contributed by atoms with Gasteiger partial charge in [-0.3, -0.25) is 0 Å². The van der Waals surface area contributed by atoms with Crippen LogP contribution < -0.4 is 15.2 Å². The third kappa shape index (κ3) is 4.25. The van der Waals surface area contributed by atoms with Crippen LogP contribution in [0.15, 0.2) is 35.0 Å². The molecule has 0 bridgehead atoms. The zero-order valence-corrected chi connectivity index (χ0v) is 12.6. The van der Waals surface area contributed by atoms with E-state index in [1.54, 1.807) is 11.3 Å². The van der Waals surface area contributed by atoms with Gasteiger partial charge in [0.25, 0.3) is 0 Å². The summed E-state index contributed by atoms with van der Waals surface area (Å²) in [5.74, 6) is 1.62. The van der Waals surface area contributed by atoms with Crippen LogP contribution in [-0.4, -0.2) is 19.8 Å². The number of hydrogen-bond donors (Lipinski definition) is 1. The second-order valence-electron chi connectivity index (χ2n) is 4.48. The van der Waals surface area contributed by atoms with Gasteiger partial charge in [0.2, 0.25) is 0 Å². The van der Waals surface area contributed by atoms with Gasteiger partial charge in [-0.05, 0) is 60.0 Å². The van der Waals surface area contributed by atoms with Gasteiger partial charge >= 0.3 is 0 Å². The third-order valence-electron chi connectivity index (χ3n) is 2.97. The number of ether oxygens (including phenoxy) is 2. The summed E-state index contributed by atoms with van der Waals surface area (Å²) in [5.41, 5.74) is 8.08. The molecule has 108 valence electrons. The van der Waals surface area contributed by atoms with E-state index in [0.717, 1.165) is 24.3 Å². The summed E-state index contributed by atoms with van der Waals surface area (Å²) < 4.78 is 11.5. The van der Waals surface area contributed by atoms with E-state index in [-0.39, 0.29) is 0 Å². The second-order valence-corrected chi connectivity index (χ2v) is 5.26. The summed E-state index contributed by atoms with van der Waals surface area (Å²) in [4.78, 5) is 0. The van der Waals surface area contributed by atoms with E-state index in [2.05, 4.69) is 22.9 Å². The van der Waals surface area contributed by atoms with Crippen molar-refractivity contribution in [2.24, 2.45) is 5.73 Å². The molecule has 0 fully saturated rings. The highest BCUT2D eigenvalue weighted by atomic mass is 32.1. The van der Waals surface area contributed by atoms with E-state index in [9.17, 15) is 0 Å². The van der Waals surface area contributed by atoms with Crippen molar-refractivity contribution in [2.75, 3.05) is 19.8 Å². The summed E-state index contributed by atoms with van der Waals surface area (Å²) in [7, 11) is 0. The molecule has 2 N–H and O–H groups in total. The van der Waals surface area contributed by atoms with Gasteiger partial charge in [-0.25, -0.2) is 0 Å². The van der Waals surface area contributed by atoms with E-state index >= 15 is 0 Å². The Balaban J connectivity index is 1.98. The molecular formula is C16H21NO2S. The first kappa shape index (κ1) is 14.9. The van der Waals surface area contributed by atoms with Crippen LogP contribution in [0, 0.1) is 0 Å². The zero-order valence-electron chi connectivity index (χ0n) is 11.8. The Morgan fingerprint density at radius 3 is 2.65 bits per heavy atom. The molecule has 0 unspecified atom stereocenters. The average Bonchev–Trinajstić information content (AvgIpc) is 2.95. The molecule has 0 atom stereocenters. The van der Waals surface area contributed by atoms with Crippen molar-refractivity contribution in [2.45, 2.75) is 19.8 Å². The van der Waals surface area contributed by atoms with Crippen molar-refractivity contribution in [3.05, 3.63) is 46.2 Å². The lowest BCUT2D eigenvalue weighted by Crippen LogP contribution is -2.05. The van der Waals surface area contributed by atoms with E-state index in [1.807, 2.05) is 19.1 Å². The molecule has 1 aromatic heterocycles. The topological polar surface area (TPSA) is 44.5 Å². The lowest BCUT2D eigenvalue weighted by molar-refractivity contribution is 0.279. The number of benzene rings is 1. The van der Waals surface area contributed by atoms with E-state index < -0.39 is 0 Å². The minimum absolute atomic E-state index is 0.632. The molecule has 3 nitrogen and oxygen atoms in total. The van der Waals surface area contributed by atoms with Gasteiger partial charge in [0.05, 0.1) is 13.2 Å². The van der Waals surface area contributed by atoms with Crippen LogP contribution >= 0.6 is 11.3 Å². The maximum Gasteiger partial charge on any atom is 0.161 e. The molecule has 20 heavy (non-hydrogen) atoms. The second kappa shape index (κ2) is 7.92. The molecule has 2 aromatic rings. The number of thiophene rings is 1. The predicted molar refractivity (Wildman–Crippen MR) is 83.9 cm³/mol. The Labute approximate surface area is 124 Å². The largest absolute Gasteiger partial charge is 0.490 e. The van der Waals surface area contributed by atoms with Crippen LogP contribution in [0.2, 0.25) is 0 Å². The Kier molecular flexibility index (Phi) is 5.89. The molecular weight excluding hydrogens is 270 g/mol. The summed E-state index contributed by atoms with van der Waals surface area (Å²) in [6.45, 7) is 3.91. The maximum atomic E-state index is 5.84. The summed E-state index contributed by atoms with van der Waals surface area (Å²) >= 11 is 1.71. The quantitative estimate of drug-likeness (QED) is 0.812. The van der Waals surface area contributed by atoms with Gasteiger partial charge in [0, 0.05) is 6.42 Å². The lowest BCUT2D eigenvalue weighted by atomic mass is 10.1. The molecule has 2 rings (SSSR count). The molecule has 0 spiro atoms. The zero-order chi connectivity index (χ0) is 14.2. The molecule has 0 saturated carbocycles. The van der Waals surface area contributed by atoms with Crippen molar-refractivity contribution >= 4 is 11.3 Å². The Morgan fingerprint density at radius 2 is 1.95 bits per heavy atom. The van der Waals surface area contributed by atoms with Gasteiger partial charge in [-0.2, -0.15) is 11.3 Å². The fraction of sp³-hybridized carbons (Fsp3) is 0.375. The van der Waals surface area contributed by atoms with Crippen molar-refractivity contribution in [1.82, 2.24) is 0 Å². The normalized spacial score (nSPS) is 10.5. The monoisotopic (exact) mass is 291 g/mol. The van der Waals surface area contributed by atoms with Gasteiger partial charge in [0.15, 0.2) is 11.5 Å². The average molecular weight is 291 g/mol. The summed E-state index contributed by atoms with van der Waals surface area (Å²) in [5, 5.41) is 4.24. The lowest BCUT2D eigenvalue weighted by Gasteiger charge is -2.13. The fourth-order valence-corrected chi connectivity index (χ4v) is 2.68. The van der Waals surface area contributed by atoms with E-state index in [1.165, 1.54) is 11.1 Å². The predicted octanol–water partition coefficient (Wildman–Crippen LogP) is 3.27. The van der Waals surface area contributed by atoms with Crippen molar-refractivity contribution in [1.29, 1.82) is 0 Å². The first-order valence-electron chi connectivity index (χ1n) is 6.93. The third-order valence-corrected chi connectivity index (χ3v) is 3.70. The summed E-state index contributed by atoms with van der Waals surface area (Å²) in [6, 6.07) is 8.18. The van der Waals surface area contributed by atoms with Crippen LogP contribution in [0.5, 0.6) is 11.5 Å². The molecule has 1 aromatic carbocycles. The van der Waals surface area contributed by atoms with Crippen LogP contribution in [0.4, 0.5) is 0 Å². The SMILES string of the molecule is CCOc1cc(CCN)ccc1OCCc1ccsc1. The Hall–Kier alpha value is -1.52. The molecule has 0 amide bonds. The van der Waals surface area contributed by atoms with Gasteiger partial charge in [-0.1, -0.05) is 6.07 Å². The Bertz CT molecular complexity index is 511. The van der Waals surface area contributed by atoms with Gasteiger partial charge < -0.3 is 15.2 Å². The molecule has 4 heteroatoms. The van der Waals surface area contributed by atoms with Crippen LogP contribution in [0.1, 0.15) is 18.1 Å². The number of hydrogen-bond acceptors (Lipinski definition) is 4. The minimum atomic E-state index is 0.632. The van der Waals surface area contributed by atoms with Crippen molar-refractivity contribution in [3.63, 3.8) is 0 Å². The highest BCUT2D eigenvalue weighted by Crippen LogP contribution is 2.28. The number of rotatable bonds is 8. The smallest absolute Gasteiger partial charge is 0.161 e.